The van der Waals surface area contributed by atoms with Crippen LogP contribution in [-0.2, 0) is 0 Å². The molecule has 0 atom stereocenters. The van der Waals surface area contributed by atoms with Crippen LogP contribution in [0.5, 0.6) is 0 Å². The Labute approximate surface area is 79.0 Å². The summed E-state index contributed by atoms with van der Waals surface area (Å²) in [5.74, 6) is 0.616. The van der Waals surface area contributed by atoms with Crippen LogP contribution in [0.1, 0.15) is 19.6 Å². The monoisotopic (exact) mass is 228 g/mol. The van der Waals surface area contributed by atoms with Crippen molar-refractivity contribution in [2.75, 3.05) is 0 Å². The summed E-state index contributed by atoms with van der Waals surface area (Å²) in [4.78, 5) is 11.0. The van der Waals surface area contributed by atoms with Crippen molar-refractivity contribution in [2.45, 2.75) is 13.8 Å². The van der Waals surface area contributed by atoms with Crippen LogP contribution in [0.3, 0.4) is 0 Å². The molecule has 1 aromatic rings. The van der Waals surface area contributed by atoms with Gasteiger partial charge in [-0.3, -0.25) is 0 Å². The van der Waals surface area contributed by atoms with Crippen LogP contribution in [0.15, 0.2) is 31.9 Å². The third kappa shape index (κ3) is 1.85. The topological polar surface area (TPSA) is 30.2 Å². The van der Waals surface area contributed by atoms with E-state index in [9.17, 15) is 4.79 Å². The molecule has 0 unspecified atom stereocenters. The fourth-order valence-corrected chi connectivity index (χ4v) is 0.967. The summed E-state index contributed by atoms with van der Waals surface area (Å²) in [5.41, 5.74) is 0.619. The van der Waals surface area contributed by atoms with E-state index < -0.39 is 0 Å². The maximum atomic E-state index is 11.0. The zero-order chi connectivity index (χ0) is 9.14. The van der Waals surface area contributed by atoms with E-state index in [1.54, 1.807) is 12.1 Å². The molecule has 0 saturated carbocycles. The summed E-state index contributed by atoms with van der Waals surface area (Å²) < 4.78 is 5.44. The van der Waals surface area contributed by atoms with Crippen LogP contribution in [0.2, 0.25) is 0 Å². The van der Waals surface area contributed by atoms with Gasteiger partial charge in [0.15, 0.2) is 0 Å². The molecule has 64 valence electrons. The highest BCUT2D eigenvalue weighted by Crippen LogP contribution is 2.13. The maximum Gasteiger partial charge on any atom is 0.350 e. The predicted molar refractivity (Wildman–Crippen MR) is 52.0 cm³/mol. The van der Waals surface area contributed by atoms with Gasteiger partial charge in [-0.1, -0.05) is 6.08 Å². The number of hydrogen-bond donors (Lipinski definition) is 0. The minimum Gasteiger partial charge on any atom is -0.422 e. The first-order valence-corrected chi connectivity index (χ1v) is 4.37. The first-order valence-electron chi connectivity index (χ1n) is 3.58. The molecular weight excluding hydrogens is 220 g/mol. The largest absolute Gasteiger partial charge is 0.422 e. The van der Waals surface area contributed by atoms with Gasteiger partial charge in [0.05, 0.1) is 0 Å². The fraction of sp³-hybridized carbons (Fsp3) is 0.222. The van der Waals surface area contributed by atoms with Crippen molar-refractivity contribution in [1.29, 1.82) is 0 Å². The van der Waals surface area contributed by atoms with Gasteiger partial charge in [-0.25, -0.2) is 4.79 Å². The molecule has 12 heavy (non-hydrogen) atoms. The number of rotatable bonds is 1. The molecule has 0 aromatic carbocycles. The summed E-state index contributed by atoms with van der Waals surface area (Å²) in [6, 6.07) is 3.45. The van der Waals surface area contributed by atoms with Crippen LogP contribution < -0.4 is 5.63 Å². The van der Waals surface area contributed by atoms with E-state index >= 15 is 0 Å². The van der Waals surface area contributed by atoms with Gasteiger partial charge in [-0.15, -0.1) is 0 Å². The highest BCUT2D eigenvalue weighted by atomic mass is 79.9. The first-order chi connectivity index (χ1) is 5.65. The maximum absolute atomic E-state index is 11.0. The van der Waals surface area contributed by atoms with Crippen molar-refractivity contribution >= 4 is 21.5 Å². The van der Waals surface area contributed by atoms with E-state index in [0.717, 1.165) is 5.57 Å². The summed E-state index contributed by atoms with van der Waals surface area (Å²) >= 11 is 3.07. The fourth-order valence-electron chi connectivity index (χ4n) is 0.754. The second kappa shape index (κ2) is 3.72. The van der Waals surface area contributed by atoms with Crippen molar-refractivity contribution in [3.05, 3.63) is 38.9 Å². The molecule has 0 spiro atoms. The quantitative estimate of drug-likeness (QED) is 0.741. The van der Waals surface area contributed by atoms with Crippen LogP contribution in [0.4, 0.5) is 0 Å². The first kappa shape index (κ1) is 9.26. The molecule has 0 aliphatic carbocycles. The van der Waals surface area contributed by atoms with E-state index in [1.165, 1.54) is 0 Å². The molecule has 3 heteroatoms. The van der Waals surface area contributed by atoms with Gasteiger partial charge in [-0.2, -0.15) is 0 Å². The predicted octanol–water partition coefficient (Wildman–Crippen LogP) is 2.83. The highest BCUT2D eigenvalue weighted by molar-refractivity contribution is 9.10. The average molecular weight is 229 g/mol. The van der Waals surface area contributed by atoms with E-state index in [1.807, 2.05) is 19.9 Å². The van der Waals surface area contributed by atoms with Crippen LogP contribution in [0, 0.1) is 0 Å². The van der Waals surface area contributed by atoms with E-state index in [0.29, 0.717) is 10.2 Å². The van der Waals surface area contributed by atoms with Crippen molar-refractivity contribution in [3.8, 4) is 0 Å². The lowest BCUT2D eigenvalue weighted by Gasteiger charge is -1.97. The average Bonchev–Trinajstić information content (AvgIpc) is 2.08. The minimum absolute atomic E-state index is 0.339. The Morgan fingerprint density at radius 2 is 2.25 bits per heavy atom. The Morgan fingerprint density at radius 1 is 1.58 bits per heavy atom. The van der Waals surface area contributed by atoms with Crippen molar-refractivity contribution < 1.29 is 4.42 Å². The Morgan fingerprint density at radius 3 is 2.75 bits per heavy atom. The molecule has 0 N–H and O–H groups in total. The lowest BCUT2D eigenvalue weighted by Crippen LogP contribution is -2.00. The van der Waals surface area contributed by atoms with Gasteiger partial charge in [0.1, 0.15) is 10.2 Å². The number of hydrogen-bond acceptors (Lipinski definition) is 2. The van der Waals surface area contributed by atoms with Crippen LogP contribution in [0.25, 0.3) is 5.57 Å². The third-order valence-corrected chi connectivity index (χ3v) is 2.19. The Balaban J connectivity index is 3.23. The third-order valence-electron chi connectivity index (χ3n) is 1.60. The Kier molecular flexibility index (Phi) is 2.87. The van der Waals surface area contributed by atoms with Crippen molar-refractivity contribution in [3.63, 3.8) is 0 Å². The normalized spacial score (nSPS) is 11.8. The summed E-state index contributed by atoms with van der Waals surface area (Å²) in [6.45, 7) is 3.80. The standard InChI is InChI=1S/C9H9BrO2/c1-3-6(2)8-5-4-7(10)9(11)12-8/h3-5H,1-2H3/b6-3+. The summed E-state index contributed by atoms with van der Waals surface area (Å²) in [7, 11) is 0. The van der Waals surface area contributed by atoms with Gasteiger partial charge in [0, 0.05) is 0 Å². The molecule has 0 aliphatic heterocycles. The van der Waals surface area contributed by atoms with Gasteiger partial charge >= 0.3 is 5.63 Å². The molecular formula is C9H9BrO2. The minimum atomic E-state index is -0.339. The lowest BCUT2D eigenvalue weighted by molar-refractivity contribution is 0.493. The van der Waals surface area contributed by atoms with Gasteiger partial charge in [-0.05, 0) is 47.5 Å². The van der Waals surface area contributed by atoms with Crippen LogP contribution >= 0.6 is 15.9 Å². The van der Waals surface area contributed by atoms with Crippen molar-refractivity contribution in [2.24, 2.45) is 0 Å². The van der Waals surface area contributed by atoms with E-state index in [4.69, 9.17) is 4.42 Å². The second-order valence-corrected chi connectivity index (χ2v) is 3.26. The summed E-state index contributed by atoms with van der Waals surface area (Å²) in [6.07, 6.45) is 1.90. The molecule has 1 rings (SSSR count). The van der Waals surface area contributed by atoms with E-state index in [-0.39, 0.29) is 5.63 Å². The molecule has 2 nitrogen and oxygen atoms in total. The van der Waals surface area contributed by atoms with Gasteiger partial charge in [0.2, 0.25) is 0 Å². The molecule has 0 radical (unpaired) electrons. The molecule has 0 aliphatic rings. The molecule has 0 saturated heterocycles. The molecule has 1 aromatic heterocycles. The zero-order valence-electron chi connectivity index (χ0n) is 6.93. The molecule has 0 amide bonds. The SMILES string of the molecule is C/C=C(\C)c1ccc(Br)c(=O)o1. The van der Waals surface area contributed by atoms with Gasteiger partial charge < -0.3 is 4.42 Å². The zero-order valence-corrected chi connectivity index (χ0v) is 8.51. The smallest absolute Gasteiger partial charge is 0.350 e. The van der Waals surface area contributed by atoms with Crippen LogP contribution in [-0.4, -0.2) is 0 Å². The number of allylic oxidation sites excluding steroid dienone is 2. The van der Waals surface area contributed by atoms with Gasteiger partial charge in [0.25, 0.3) is 0 Å². The Hall–Kier alpha value is -0.830. The molecule has 0 fully saturated rings. The van der Waals surface area contributed by atoms with E-state index in [2.05, 4.69) is 15.9 Å². The summed E-state index contributed by atoms with van der Waals surface area (Å²) in [5, 5.41) is 0. The highest BCUT2D eigenvalue weighted by Gasteiger charge is 2.00. The molecule has 0 bridgehead atoms. The van der Waals surface area contributed by atoms with Crippen molar-refractivity contribution in [1.82, 2.24) is 0 Å². The lowest BCUT2D eigenvalue weighted by atomic mass is 10.2. The number of halogens is 1. The molecule has 1 heterocycles. The second-order valence-electron chi connectivity index (χ2n) is 2.41. The Bertz CT molecular complexity index is 363.